The Morgan fingerprint density at radius 2 is 1.61 bits per heavy atom. The first kappa shape index (κ1) is 32.9. The Bertz CT molecular complexity index is 1400. The third kappa shape index (κ3) is 9.48. The summed E-state index contributed by atoms with van der Waals surface area (Å²) in [5, 5.41) is 18.3. The molecular formula is C36H44O8. The molecule has 8 nitrogen and oxygen atoms in total. The molecule has 3 aromatic carbocycles. The number of carbonyl (C=O) groups is 2. The molecule has 0 unspecified atom stereocenters. The van der Waals surface area contributed by atoms with Crippen LogP contribution in [0.2, 0.25) is 0 Å². The lowest BCUT2D eigenvalue weighted by Gasteiger charge is -2.16. The number of unbranched alkanes of at least 4 members (excludes halogenated alkanes) is 3. The second kappa shape index (κ2) is 16.7. The van der Waals surface area contributed by atoms with Crippen LogP contribution in [-0.4, -0.2) is 48.6 Å². The predicted molar refractivity (Wildman–Crippen MR) is 169 cm³/mol. The molecule has 44 heavy (non-hydrogen) atoms. The monoisotopic (exact) mass is 604 g/mol. The van der Waals surface area contributed by atoms with Crippen LogP contribution in [0.4, 0.5) is 0 Å². The standard InChI is InChI=1S/C36H44O8/c1-25(2)36(40)29-20-28(27-15-16-33-34(23-27)44-24-43-33)21-30(22-29)41-18-6-4-3-5-10-26-11-7-13-32(31(26)12-8-17-37)42-19-9-14-35(38)39/h7,11,13,15-16,20-23,25,37H,3-6,8-10,12,14,17-19,24H2,1-2H3,(H,38,39). The molecule has 0 fully saturated rings. The minimum absolute atomic E-state index is 0.0746. The van der Waals surface area contributed by atoms with Crippen molar-refractivity contribution in [2.45, 2.75) is 71.6 Å². The van der Waals surface area contributed by atoms with Crippen LogP contribution in [0.25, 0.3) is 11.1 Å². The van der Waals surface area contributed by atoms with Crippen LogP contribution in [0, 0.1) is 5.92 Å². The molecule has 236 valence electrons. The van der Waals surface area contributed by atoms with E-state index >= 15 is 0 Å². The Morgan fingerprint density at radius 3 is 2.41 bits per heavy atom. The van der Waals surface area contributed by atoms with Gasteiger partial charge in [-0.05, 0) is 97.2 Å². The lowest BCUT2D eigenvalue weighted by atomic mass is 9.96. The minimum Gasteiger partial charge on any atom is -0.494 e. The van der Waals surface area contributed by atoms with Crippen molar-refractivity contribution in [2.24, 2.45) is 5.92 Å². The van der Waals surface area contributed by atoms with Crippen molar-refractivity contribution in [1.29, 1.82) is 0 Å². The fourth-order valence-electron chi connectivity index (χ4n) is 5.29. The SMILES string of the molecule is CC(C)C(=O)c1cc(OCCCCCCc2cccc(OCCCC(=O)O)c2CCCO)cc(-c2ccc3c(c2)OCO3)c1. The lowest BCUT2D eigenvalue weighted by molar-refractivity contribution is -0.137. The average molecular weight is 605 g/mol. The summed E-state index contributed by atoms with van der Waals surface area (Å²) in [6.45, 7) is 5.03. The summed E-state index contributed by atoms with van der Waals surface area (Å²) in [5.41, 5.74) is 4.79. The number of aliphatic hydroxyl groups is 1. The highest BCUT2D eigenvalue weighted by molar-refractivity contribution is 5.99. The average Bonchev–Trinajstić information content (AvgIpc) is 3.49. The first-order chi connectivity index (χ1) is 21.4. The number of aryl methyl sites for hydroxylation is 1. The van der Waals surface area contributed by atoms with Gasteiger partial charge in [0.05, 0.1) is 13.2 Å². The molecule has 1 aliphatic rings. The molecular weight excluding hydrogens is 560 g/mol. The molecule has 4 rings (SSSR count). The summed E-state index contributed by atoms with van der Waals surface area (Å²) in [7, 11) is 0. The Labute approximate surface area is 259 Å². The number of fused-ring (bicyclic) bond motifs is 1. The summed E-state index contributed by atoms with van der Waals surface area (Å²) < 4.78 is 23.1. The van der Waals surface area contributed by atoms with Crippen LogP contribution in [0.1, 0.15) is 80.3 Å². The number of hydrogen-bond acceptors (Lipinski definition) is 7. The van der Waals surface area contributed by atoms with Crippen LogP contribution in [0.15, 0.2) is 54.6 Å². The summed E-state index contributed by atoms with van der Waals surface area (Å²) in [6.07, 6.45) is 6.79. The molecule has 0 saturated carbocycles. The fourth-order valence-corrected chi connectivity index (χ4v) is 5.29. The molecule has 8 heteroatoms. The van der Waals surface area contributed by atoms with E-state index < -0.39 is 5.97 Å². The smallest absolute Gasteiger partial charge is 0.303 e. The van der Waals surface area contributed by atoms with Crippen LogP contribution >= 0.6 is 0 Å². The van der Waals surface area contributed by atoms with Gasteiger partial charge in [0.15, 0.2) is 17.3 Å². The van der Waals surface area contributed by atoms with E-state index in [9.17, 15) is 14.7 Å². The van der Waals surface area contributed by atoms with Gasteiger partial charge in [-0.2, -0.15) is 0 Å². The molecule has 1 heterocycles. The van der Waals surface area contributed by atoms with Gasteiger partial charge >= 0.3 is 5.97 Å². The number of Topliss-reactive ketones (excluding diaryl/α,β-unsaturated/α-hetero) is 1. The number of carbonyl (C=O) groups excluding carboxylic acids is 1. The molecule has 0 spiro atoms. The summed E-state index contributed by atoms with van der Waals surface area (Å²) >= 11 is 0. The molecule has 0 radical (unpaired) electrons. The molecule has 2 N–H and O–H groups in total. The molecule has 0 aromatic heterocycles. The number of hydrogen-bond donors (Lipinski definition) is 2. The van der Waals surface area contributed by atoms with Gasteiger partial charge in [-0.1, -0.05) is 44.9 Å². The molecule has 0 bridgehead atoms. The second-order valence-corrected chi connectivity index (χ2v) is 11.4. The molecule has 0 aliphatic carbocycles. The van der Waals surface area contributed by atoms with Gasteiger partial charge in [-0.3, -0.25) is 9.59 Å². The quantitative estimate of drug-likeness (QED) is 0.109. The highest BCUT2D eigenvalue weighted by Gasteiger charge is 2.17. The van der Waals surface area contributed by atoms with Crippen molar-refractivity contribution in [3.8, 4) is 34.1 Å². The number of carboxylic acids is 1. The molecule has 0 atom stereocenters. The van der Waals surface area contributed by atoms with E-state index in [0.29, 0.717) is 43.1 Å². The van der Waals surface area contributed by atoms with E-state index in [-0.39, 0.29) is 31.5 Å². The van der Waals surface area contributed by atoms with Crippen molar-refractivity contribution in [3.05, 3.63) is 71.3 Å². The Hall–Kier alpha value is -4.04. The number of aliphatic hydroxyl groups excluding tert-OH is 1. The maximum absolute atomic E-state index is 12.9. The highest BCUT2D eigenvalue weighted by Crippen LogP contribution is 2.37. The number of ether oxygens (including phenoxy) is 4. The van der Waals surface area contributed by atoms with E-state index in [4.69, 9.17) is 24.1 Å². The zero-order valence-corrected chi connectivity index (χ0v) is 25.8. The van der Waals surface area contributed by atoms with Crippen LogP contribution in [0.3, 0.4) is 0 Å². The zero-order chi connectivity index (χ0) is 31.3. The van der Waals surface area contributed by atoms with Crippen molar-refractivity contribution < 1.29 is 38.7 Å². The van der Waals surface area contributed by atoms with Crippen LogP contribution in [-0.2, 0) is 17.6 Å². The lowest BCUT2D eigenvalue weighted by Crippen LogP contribution is -2.08. The number of ketones is 1. The Kier molecular flexibility index (Phi) is 12.5. The number of benzene rings is 3. The zero-order valence-electron chi connectivity index (χ0n) is 25.8. The first-order valence-corrected chi connectivity index (χ1v) is 15.6. The fraction of sp³-hybridized carbons (Fsp3) is 0.444. The van der Waals surface area contributed by atoms with Gasteiger partial charge in [0, 0.05) is 24.5 Å². The maximum atomic E-state index is 12.9. The molecule has 0 saturated heterocycles. The maximum Gasteiger partial charge on any atom is 0.303 e. The number of carboxylic acid groups (broad SMARTS) is 1. The van der Waals surface area contributed by atoms with Gasteiger partial charge in [-0.15, -0.1) is 0 Å². The summed E-state index contributed by atoms with van der Waals surface area (Å²) in [5.74, 6) is 2.00. The molecule has 1 aliphatic heterocycles. The van der Waals surface area contributed by atoms with E-state index in [1.165, 1.54) is 5.56 Å². The third-order valence-corrected chi connectivity index (χ3v) is 7.64. The second-order valence-electron chi connectivity index (χ2n) is 11.4. The van der Waals surface area contributed by atoms with Crippen molar-refractivity contribution in [1.82, 2.24) is 0 Å². The van der Waals surface area contributed by atoms with Crippen molar-refractivity contribution in [2.75, 3.05) is 26.6 Å². The number of aliphatic carboxylic acids is 1. The van der Waals surface area contributed by atoms with Crippen LogP contribution < -0.4 is 18.9 Å². The summed E-state index contributed by atoms with van der Waals surface area (Å²) in [4.78, 5) is 23.7. The van der Waals surface area contributed by atoms with Gasteiger partial charge in [0.1, 0.15) is 11.5 Å². The highest BCUT2D eigenvalue weighted by atomic mass is 16.7. The minimum atomic E-state index is -0.825. The van der Waals surface area contributed by atoms with Crippen LogP contribution in [0.5, 0.6) is 23.0 Å². The number of rotatable bonds is 19. The predicted octanol–water partition coefficient (Wildman–Crippen LogP) is 7.27. The largest absolute Gasteiger partial charge is 0.494 e. The van der Waals surface area contributed by atoms with E-state index in [2.05, 4.69) is 6.07 Å². The van der Waals surface area contributed by atoms with Gasteiger partial charge < -0.3 is 29.2 Å². The molecule has 0 amide bonds. The Morgan fingerprint density at radius 1 is 0.818 bits per heavy atom. The Balaban J connectivity index is 1.30. The third-order valence-electron chi connectivity index (χ3n) is 7.64. The molecule has 3 aromatic rings. The summed E-state index contributed by atoms with van der Waals surface area (Å²) in [6, 6.07) is 17.5. The normalized spacial score (nSPS) is 12.0. The van der Waals surface area contributed by atoms with Gasteiger partial charge in [0.25, 0.3) is 0 Å². The first-order valence-electron chi connectivity index (χ1n) is 15.6. The van der Waals surface area contributed by atoms with Crippen molar-refractivity contribution >= 4 is 11.8 Å². The topological polar surface area (TPSA) is 112 Å². The van der Waals surface area contributed by atoms with Gasteiger partial charge in [-0.25, -0.2) is 0 Å². The van der Waals surface area contributed by atoms with Crippen molar-refractivity contribution in [3.63, 3.8) is 0 Å². The van der Waals surface area contributed by atoms with E-state index in [1.54, 1.807) is 0 Å². The van der Waals surface area contributed by atoms with Gasteiger partial charge in [0.2, 0.25) is 6.79 Å². The van der Waals surface area contributed by atoms with E-state index in [0.717, 1.165) is 66.7 Å². The van der Waals surface area contributed by atoms with E-state index in [1.807, 2.05) is 62.4 Å².